The first kappa shape index (κ1) is 11.5. The second-order valence-corrected chi connectivity index (χ2v) is 3.42. The first-order chi connectivity index (χ1) is 6.61. The molecule has 0 saturated carbocycles. The molecule has 4 N–H and O–H groups in total. The Labute approximate surface area is 81.4 Å². The van der Waals surface area contributed by atoms with Crippen molar-refractivity contribution in [2.45, 2.75) is 24.4 Å². The number of likely N-dealkylation sites (tertiary alicyclic amines) is 1. The van der Waals surface area contributed by atoms with Crippen LogP contribution in [0.2, 0.25) is 0 Å². The van der Waals surface area contributed by atoms with Crippen molar-refractivity contribution in [3.8, 4) is 0 Å². The lowest BCUT2D eigenvalue weighted by Gasteiger charge is -2.42. The fraction of sp³-hybridized carbons (Fsp3) is 0.875. The van der Waals surface area contributed by atoms with Crippen molar-refractivity contribution < 1.29 is 25.2 Å². The summed E-state index contributed by atoms with van der Waals surface area (Å²) >= 11 is 0. The molecule has 0 aromatic heterocycles. The molecule has 0 radical (unpaired) electrons. The predicted molar refractivity (Wildman–Crippen MR) is 46.5 cm³/mol. The molecular weight excluding hydrogens is 190 g/mol. The van der Waals surface area contributed by atoms with Gasteiger partial charge in [-0.1, -0.05) is 0 Å². The zero-order valence-corrected chi connectivity index (χ0v) is 7.65. The van der Waals surface area contributed by atoms with Crippen LogP contribution in [0.15, 0.2) is 0 Å². The van der Waals surface area contributed by atoms with E-state index in [2.05, 4.69) is 0 Å². The third-order valence-corrected chi connectivity index (χ3v) is 2.53. The second kappa shape index (κ2) is 4.81. The molecule has 0 aromatic carbocycles. The van der Waals surface area contributed by atoms with Gasteiger partial charge in [0, 0.05) is 6.54 Å². The van der Waals surface area contributed by atoms with Crippen LogP contribution in [-0.4, -0.2) is 75.7 Å². The first-order valence-electron chi connectivity index (χ1n) is 4.44. The number of hydrogen-bond donors (Lipinski definition) is 4. The van der Waals surface area contributed by atoms with Crippen LogP contribution in [-0.2, 0) is 4.79 Å². The van der Waals surface area contributed by atoms with Gasteiger partial charge in [0.15, 0.2) is 0 Å². The maximum Gasteiger partial charge on any atom is 0.133 e. The summed E-state index contributed by atoms with van der Waals surface area (Å²) in [6, 6.07) is -0.696. The molecule has 14 heavy (non-hydrogen) atoms. The van der Waals surface area contributed by atoms with Gasteiger partial charge < -0.3 is 25.2 Å². The highest BCUT2D eigenvalue weighted by Crippen LogP contribution is 2.17. The molecule has 0 amide bonds. The number of β-amino-alcohol motifs (C(OH)–C–C–N with tert-alkyl or cyclic N) is 1. The molecule has 1 saturated heterocycles. The van der Waals surface area contributed by atoms with Crippen LogP contribution in [0, 0.1) is 0 Å². The third-order valence-electron chi connectivity index (χ3n) is 2.53. The van der Waals surface area contributed by atoms with Crippen molar-refractivity contribution in [2.24, 2.45) is 0 Å². The minimum atomic E-state index is -1.27. The Bertz CT molecular complexity index is 200. The lowest BCUT2D eigenvalue weighted by atomic mass is 9.94. The monoisotopic (exact) mass is 205 g/mol. The van der Waals surface area contributed by atoms with Crippen LogP contribution in [0.1, 0.15) is 0 Å². The van der Waals surface area contributed by atoms with E-state index in [4.69, 9.17) is 5.11 Å². The van der Waals surface area contributed by atoms with E-state index in [0.29, 0.717) is 6.29 Å². The van der Waals surface area contributed by atoms with Gasteiger partial charge in [0.25, 0.3) is 0 Å². The molecule has 1 fully saturated rings. The number of piperidine rings is 1. The van der Waals surface area contributed by atoms with E-state index >= 15 is 0 Å². The minimum absolute atomic E-state index is 0.0199. The van der Waals surface area contributed by atoms with E-state index in [-0.39, 0.29) is 19.7 Å². The standard InChI is InChI=1S/C8H15NO5/c10-2-1-9-3-6(12)8(14)7(13)5(9)4-11/h2,5-8,11-14H,1,3-4H2. The molecular formula is C8H15NO5. The van der Waals surface area contributed by atoms with Crippen LogP contribution in [0.25, 0.3) is 0 Å². The molecule has 4 unspecified atom stereocenters. The number of carbonyl (C=O) groups excluding carboxylic acids is 1. The fourth-order valence-corrected chi connectivity index (χ4v) is 1.68. The second-order valence-electron chi connectivity index (χ2n) is 3.42. The Hall–Kier alpha value is -0.530. The SMILES string of the molecule is O=CCN1CC(O)C(O)C(O)C1CO. The van der Waals surface area contributed by atoms with Crippen molar-refractivity contribution in [3.63, 3.8) is 0 Å². The zero-order valence-electron chi connectivity index (χ0n) is 7.65. The highest BCUT2D eigenvalue weighted by Gasteiger charge is 2.40. The molecule has 1 aliphatic rings. The number of aldehydes is 1. The summed E-state index contributed by atoms with van der Waals surface area (Å²) in [6.45, 7) is -0.271. The van der Waals surface area contributed by atoms with Crippen molar-refractivity contribution >= 4 is 6.29 Å². The van der Waals surface area contributed by atoms with Crippen LogP contribution >= 0.6 is 0 Å². The number of hydrogen-bond acceptors (Lipinski definition) is 6. The van der Waals surface area contributed by atoms with Crippen molar-refractivity contribution in [2.75, 3.05) is 19.7 Å². The summed E-state index contributed by atoms with van der Waals surface area (Å²) < 4.78 is 0. The van der Waals surface area contributed by atoms with Crippen LogP contribution in [0.4, 0.5) is 0 Å². The Morgan fingerprint density at radius 3 is 2.43 bits per heavy atom. The van der Waals surface area contributed by atoms with Crippen LogP contribution in [0.5, 0.6) is 0 Å². The summed E-state index contributed by atoms with van der Waals surface area (Å²) in [5, 5.41) is 37.0. The summed E-state index contributed by atoms with van der Waals surface area (Å²) in [5.41, 5.74) is 0. The third kappa shape index (κ3) is 2.10. The number of rotatable bonds is 3. The van der Waals surface area contributed by atoms with Crippen molar-refractivity contribution in [1.29, 1.82) is 0 Å². The van der Waals surface area contributed by atoms with Crippen molar-refractivity contribution in [3.05, 3.63) is 0 Å². The highest BCUT2D eigenvalue weighted by atomic mass is 16.4. The van der Waals surface area contributed by atoms with Gasteiger partial charge in [-0.3, -0.25) is 4.90 Å². The van der Waals surface area contributed by atoms with Gasteiger partial charge in [0.05, 0.1) is 25.3 Å². The molecule has 0 aromatic rings. The van der Waals surface area contributed by atoms with E-state index in [0.717, 1.165) is 0 Å². The Morgan fingerprint density at radius 1 is 1.29 bits per heavy atom. The average molecular weight is 205 g/mol. The van der Waals surface area contributed by atoms with E-state index in [1.165, 1.54) is 4.90 Å². The van der Waals surface area contributed by atoms with Crippen molar-refractivity contribution in [1.82, 2.24) is 4.90 Å². The van der Waals surface area contributed by atoms with Gasteiger partial charge in [-0.15, -0.1) is 0 Å². The largest absolute Gasteiger partial charge is 0.395 e. The molecule has 6 nitrogen and oxygen atoms in total. The zero-order chi connectivity index (χ0) is 10.7. The average Bonchev–Trinajstić information content (AvgIpc) is 2.16. The molecule has 1 rings (SSSR count). The smallest absolute Gasteiger partial charge is 0.133 e. The topological polar surface area (TPSA) is 101 Å². The Kier molecular flexibility index (Phi) is 3.97. The number of carbonyl (C=O) groups is 1. The molecule has 0 aliphatic carbocycles. The normalized spacial score (nSPS) is 39.7. The maximum atomic E-state index is 10.3. The van der Waals surface area contributed by atoms with Crippen LogP contribution < -0.4 is 0 Å². The summed E-state index contributed by atoms with van der Waals surface area (Å²) in [6.07, 6.45) is -2.97. The molecule has 1 aliphatic heterocycles. The van der Waals surface area contributed by atoms with Gasteiger partial charge in [0.1, 0.15) is 18.5 Å². The quantitative estimate of drug-likeness (QED) is 0.365. The maximum absolute atomic E-state index is 10.3. The van der Waals surface area contributed by atoms with E-state index < -0.39 is 24.4 Å². The fourth-order valence-electron chi connectivity index (χ4n) is 1.68. The predicted octanol–water partition coefficient (Wildman–Crippen LogP) is -3.06. The van der Waals surface area contributed by atoms with Gasteiger partial charge in [-0.25, -0.2) is 0 Å². The number of nitrogens with zero attached hydrogens (tertiary/aromatic N) is 1. The number of aliphatic hydroxyl groups is 4. The molecule has 6 heteroatoms. The van der Waals surface area contributed by atoms with E-state index in [1.807, 2.05) is 0 Å². The molecule has 0 bridgehead atoms. The lowest BCUT2D eigenvalue weighted by Crippen LogP contribution is -2.62. The summed E-state index contributed by atoms with van der Waals surface area (Å²) in [4.78, 5) is 11.7. The molecule has 1 heterocycles. The number of aliphatic hydroxyl groups excluding tert-OH is 4. The molecule has 82 valence electrons. The molecule has 4 atom stereocenters. The Morgan fingerprint density at radius 2 is 1.93 bits per heavy atom. The highest BCUT2D eigenvalue weighted by molar-refractivity contribution is 5.52. The van der Waals surface area contributed by atoms with Gasteiger partial charge >= 0.3 is 0 Å². The summed E-state index contributed by atoms with van der Waals surface area (Å²) in [5.74, 6) is 0. The van der Waals surface area contributed by atoms with Gasteiger partial charge in [-0.2, -0.15) is 0 Å². The van der Waals surface area contributed by atoms with E-state index in [9.17, 15) is 20.1 Å². The minimum Gasteiger partial charge on any atom is -0.395 e. The molecule has 0 spiro atoms. The summed E-state index contributed by atoms with van der Waals surface area (Å²) in [7, 11) is 0. The van der Waals surface area contributed by atoms with Crippen LogP contribution in [0.3, 0.4) is 0 Å². The Balaban J connectivity index is 2.70. The lowest BCUT2D eigenvalue weighted by molar-refractivity contribution is -0.147. The first-order valence-corrected chi connectivity index (χ1v) is 4.44. The van der Waals surface area contributed by atoms with E-state index in [1.54, 1.807) is 0 Å². The van der Waals surface area contributed by atoms with Gasteiger partial charge in [0.2, 0.25) is 0 Å². The van der Waals surface area contributed by atoms with Gasteiger partial charge in [-0.05, 0) is 0 Å².